The molecule has 8 nitrogen and oxygen atoms in total. The number of hydrogen-bond acceptors (Lipinski definition) is 6. The molecule has 0 fully saturated rings. The third-order valence-corrected chi connectivity index (χ3v) is 8.52. The van der Waals surface area contributed by atoms with E-state index in [4.69, 9.17) is 4.74 Å². The summed E-state index contributed by atoms with van der Waals surface area (Å²) < 4.78 is 35.0. The Balaban J connectivity index is 1.61. The molecule has 0 amide bonds. The molecule has 0 saturated carbocycles. The molecule has 4 aromatic rings. The zero-order valence-electron chi connectivity index (χ0n) is 20.4. The second-order valence-electron chi connectivity index (χ2n) is 8.98. The molecule has 1 aliphatic rings. The van der Waals surface area contributed by atoms with Crippen LogP contribution in [0.3, 0.4) is 0 Å². The van der Waals surface area contributed by atoms with E-state index < -0.39 is 10.0 Å². The number of methoxy groups -OCH3 is 1. The predicted octanol–water partition coefficient (Wildman–Crippen LogP) is 4.11. The third kappa shape index (κ3) is 5.21. The van der Waals surface area contributed by atoms with Gasteiger partial charge in [-0.15, -0.1) is 0 Å². The Morgan fingerprint density at radius 3 is 2.57 bits per heavy atom. The van der Waals surface area contributed by atoms with Crippen molar-refractivity contribution < 1.29 is 13.2 Å². The van der Waals surface area contributed by atoms with Gasteiger partial charge < -0.3 is 14.6 Å². The number of nitrogens with zero attached hydrogens (tertiary/aromatic N) is 4. The van der Waals surface area contributed by atoms with Gasteiger partial charge >= 0.3 is 0 Å². The molecule has 1 N–H and O–H groups in total. The first-order valence-electron chi connectivity index (χ1n) is 11.9. The first-order chi connectivity index (χ1) is 18.0. The lowest BCUT2D eigenvalue weighted by atomic mass is 10.1. The predicted molar refractivity (Wildman–Crippen MR) is 140 cm³/mol. The monoisotopic (exact) mass is 513 g/mol. The van der Waals surface area contributed by atoms with E-state index in [1.807, 2.05) is 36.4 Å². The van der Waals surface area contributed by atoms with E-state index in [1.54, 1.807) is 60.3 Å². The van der Waals surface area contributed by atoms with Gasteiger partial charge in [-0.3, -0.25) is 0 Å². The number of ether oxygens (including phenoxy) is 1. The van der Waals surface area contributed by atoms with Gasteiger partial charge in [0.15, 0.2) is 0 Å². The molecule has 1 atom stereocenters. The average molecular weight is 514 g/mol. The van der Waals surface area contributed by atoms with Gasteiger partial charge in [-0.05, 0) is 60.0 Å². The van der Waals surface area contributed by atoms with Gasteiger partial charge in [0.25, 0.3) is 0 Å². The van der Waals surface area contributed by atoms with E-state index in [0.717, 1.165) is 22.5 Å². The van der Waals surface area contributed by atoms with Crippen molar-refractivity contribution in [3.63, 3.8) is 0 Å². The van der Waals surface area contributed by atoms with Crippen LogP contribution in [0.2, 0.25) is 0 Å². The Morgan fingerprint density at radius 2 is 1.89 bits per heavy atom. The molecule has 9 heteroatoms. The zero-order valence-corrected chi connectivity index (χ0v) is 21.2. The van der Waals surface area contributed by atoms with Crippen molar-refractivity contribution in [2.45, 2.75) is 30.4 Å². The maximum Gasteiger partial charge on any atom is 0.243 e. The highest BCUT2D eigenvalue weighted by molar-refractivity contribution is 7.89. The van der Waals surface area contributed by atoms with E-state index in [-0.39, 0.29) is 17.5 Å². The molecule has 3 aromatic carbocycles. The number of nitriles is 1. The van der Waals surface area contributed by atoms with Gasteiger partial charge in [0.05, 0.1) is 42.2 Å². The second kappa shape index (κ2) is 10.5. The van der Waals surface area contributed by atoms with E-state index >= 15 is 0 Å². The Hall–Kier alpha value is -4.13. The lowest BCUT2D eigenvalue weighted by Gasteiger charge is -2.32. The highest BCUT2D eigenvalue weighted by Crippen LogP contribution is 2.34. The van der Waals surface area contributed by atoms with Crippen LogP contribution in [-0.2, 0) is 29.5 Å². The number of sulfonamides is 1. The summed E-state index contributed by atoms with van der Waals surface area (Å²) in [6.45, 7) is 1.14. The molecule has 0 spiro atoms. The van der Waals surface area contributed by atoms with Crippen LogP contribution in [-0.4, -0.2) is 42.4 Å². The minimum Gasteiger partial charge on any atom is -0.497 e. The highest BCUT2D eigenvalue weighted by Gasteiger charge is 2.36. The van der Waals surface area contributed by atoms with Gasteiger partial charge in [0.2, 0.25) is 10.0 Å². The Kier molecular flexibility index (Phi) is 6.95. The van der Waals surface area contributed by atoms with Crippen LogP contribution in [0.4, 0.5) is 5.69 Å². The van der Waals surface area contributed by atoms with Crippen molar-refractivity contribution in [2.24, 2.45) is 0 Å². The number of benzene rings is 3. The number of hydrogen-bond donors (Lipinski definition) is 1. The van der Waals surface area contributed by atoms with Crippen molar-refractivity contribution in [1.82, 2.24) is 14.3 Å². The normalized spacial score (nSPS) is 16.0. The average Bonchev–Trinajstić information content (AvgIpc) is 3.39. The third-order valence-electron chi connectivity index (χ3n) is 6.61. The first-order valence-corrected chi connectivity index (χ1v) is 13.4. The van der Waals surface area contributed by atoms with Crippen LogP contribution in [0.15, 0.2) is 90.2 Å². The first kappa shape index (κ1) is 24.6. The van der Waals surface area contributed by atoms with E-state index in [2.05, 4.69) is 20.9 Å². The van der Waals surface area contributed by atoms with Crippen LogP contribution in [0.25, 0.3) is 0 Å². The summed E-state index contributed by atoms with van der Waals surface area (Å²) in [5, 5.41) is 9.56. The molecule has 2 heterocycles. The molecular weight excluding hydrogens is 486 g/mol. The van der Waals surface area contributed by atoms with Crippen molar-refractivity contribution in [2.75, 3.05) is 18.6 Å². The van der Waals surface area contributed by atoms with Crippen LogP contribution in [0.5, 0.6) is 5.75 Å². The van der Waals surface area contributed by atoms with Gasteiger partial charge in [-0.1, -0.05) is 30.3 Å². The van der Waals surface area contributed by atoms with Gasteiger partial charge in [0.1, 0.15) is 5.75 Å². The molecule has 0 radical (unpaired) electrons. The summed E-state index contributed by atoms with van der Waals surface area (Å²) in [7, 11) is -2.33. The summed E-state index contributed by atoms with van der Waals surface area (Å²) in [4.78, 5) is 9.67. The molecule has 5 rings (SSSR count). The van der Waals surface area contributed by atoms with E-state index in [9.17, 15) is 13.7 Å². The number of rotatable bonds is 7. The Morgan fingerprint density at radius 1 is 1.11 bits per heavy atom. The minimum atomic E-state index is -3.88. The fourth-order valence-corrected chi connectivity index (χ4v) is 6.37. The van der Waals surface area contributed by atoms with Gasteiger partial charge in [0, 0.05) is 31.0 Å². The number of H-pyrrole nitrogens is 1. The van der Waals surface area contributed by atoms with Crippen molar-refractivity contribution in [3.05, 3.63) is 108 Å². The SMILES string of the molecule is COc1ccc(S(=O)(=O)N2Cc3cc(C#N)ccc3N(Cc3cnc[nH]3)C[C@H]2Cc2ccccc2)cc1. The molecule has 0 bridgehead atoms. The maximum absolute atomic E-state index is 14.1. The largest absolute Gasteiger partial charge is 0.497 e. The standard InChI is InChI=1S/C28H27N5O3S/c1-36-26-8-10-27(11-9-26)37(34,35)33-17-23-13-22(15-29)7-12-28(23)32(18-24-16-30-20-31-24)19-25(33)14-21-5-3-2-4-6-21/h2-13,16,20,25H,14,17-19H2,1H3,(H,30,31)/t25-/m1/s1. The van der Waals surface area contributed by atoms with Crippen LogP contribution in [0.1, 0.15) is 22.4 Å². The lowest BCUT2D eigenvalue weighted by molar-refractivity contribution is 0.318. The minimum absolute atomic E-state index is 0.149. The number of aromatic nitrogens is 2. The van der Waals surface area contributed by atoms with Gasteiger partial charge in [-0.2, -0.15) is 9.57 Å². The fraction of sp³-hybridized carbons (Fsp3) is 0.214. The van der Waals surface area contributed by atoms with E-state index in [0.29, 0.717) is 30.8 Å². The van der Waals surface area contributed by atoms with Crippen LogP contribution < -0.4 is 9.64 Å². The smallest absolute Gasteiger partial charge is 0.243 e. The summed E-state index contributed by atoms with van der Waals surface area (Å²) in [5.41, 5.74) is 4.14. The Bertz CT molecular complexity index is 1500. The summed E-state index contributed by atoms with van der Waals surface area (Å²) in [6.07, 6.45) is 3.94. The Labute approximate surface area is 216 Å². The molecule has 1 aliphatic heterocycles. The number of aromatic amines is 1. The lowest BCUT2D eigenvalue weighted by Crippen LogP contribution is -2.45. The molecule has 0 saturated heterocycles. The fourth-order valence-electron chi connectivity index (χ4n) is 4.77. The molecule has 1 aromatic heterocycles. The second-order valence-corrected chi connectivity index (χ2v) is 10.9. The highest BCUT2D eigenvalue weighted by atomic mass is 32.2. The van der Waals surface area contributed by atoms with E-state index in [1.165, 1.54) is 0 Å². The summed E-state index contributed by atoms with van der Waals surface area (Å²) in [5.74, 6) is 0.588. The summed E-state index contributed by atoms with van der Waals surface area (Å²) in [6, 6.07) is 23.7. The topological polar surface area (TPSA) is 102 Å². The van der Waals surface area contributed by atoms with Crippen LogP contribution in [0, 0.1) is 11.3 Å². The molecule has 0 aliphatic carbocycles. The quantitative estimate of drug-likeness (QED) is 0.399. The van der Waals surface area contributed by atoms with Crippen molar-refractivity contribution in [3.8, 4) is 11.8 Å². The number of anilines is 1. The van der Waals surface area contributed by atoms with Crippen molar-refractivity contribution in [1.29, 1.82) is 5.26 Å². The molecule has 188 valence electrons. The van der Waals surface area contributed by atoms with Gasteiger partial charge in [-0.25, -0.2) is 13.4 Å². The summed E-state index contributed by atoms with van der Waals surface area (Å²) >= 11 is 0. The number of nitrogens with one attached hydrogen (secondary N) is 1. The molecule has 37 heavy (non-hydrogen) atoms. The molecule has 0 unspecified atom stereocenters. The number of fused-ring (bicyclic) bond motifs is 1. The van der Waals surface area contributed by atoms with Crippen molar-refractivity contribution >= 4 is 15.7 Å². The zero-order chi connectivity index (χ0) is 25.8. The maximum atomic E-state index is 14.1. The van der Waals surface area contributed by atoms with Crippen LogP contribution >= 0.6 is 0 Å². The molecular formula is C28H27N5O3S. The number of imidazole rings is 1.